The molecule has 0 aromatic rings. The predicted molar refractivity (Wildman–Crippen MR) is 65.3 cm³/mol. The molecule has 2 aliphatic rings. The third-order valence-electron chi connectivity index (χ3n) is 3.66. The highest BCUT2D eigenvalue weighted by Gasteiger charge is 2.38. The van der Waals surface area contributed by atoms with Gasteiger partial charge in [0.05, 0.1) is 12.5 Å². The summed E-state index contributed by atoms with van der Waals surface area (Å²) in [4.78, 5) is 25.9. The molecule has 0 aromatic carbocycles. The number of amides is 2. The van der Waals surface area contributed by atoms with Crippen molar-refractivity contribution in [2.75, 3.05) is 13.1 Å². The highest BCUT2D eigenvalue weighted by molar-refractivity contribution is 5.89. The summed E-state index contributed by atoms with van der Waals surface area (Å²) in [6, 6.07) is 0.0842. The molecule has 0 radical (unpaired) electrons. The van der Waals surface area contributed by atoms with Crippen molar-refractivity contribution in [2.45, 2.75) is 45.6 Å². The Labute approximate surface area is 103 Å². The average molecular weight is 238 g/mol. The number of rotatable bonds is 2. The Hall–Kier alpha value is -1.06. The van der Waals surface area contributed by atoms with E-state index in [1.165, 1.54) is 0 Å². The summed E-state index contributed by atoms with van der Waals surface area (Å²) in [5, 5.41) is 3.01. The molecule has 17 heavy (non-hydrogen) atoms. The SMILES string of the molecule is CC(C)CN1CC(=O)N[C@H]2CCCC[C@H]2C1=O. The van der Waals surface area contributed by atoms with E-state index in [1.807, 2.05) is 0 Å². The van der Waals surface area contributed by atoms with Gasteiger partial charge in [0.25, 0.3) is 0 Å². The third kappa shape index (κ3) is 2.79. The second-order valence-corrected chi connectivity index (χ2v) is 5.68. The maximum absolute atomic E-state index is 12.4. The summed E-state index contributed by atoms with van der Waals surface area (Å²) in [7, 11) is 0. The lowest BCUT2D eigenvalue weighted by molar-refractivity contribution is -0.138. The molecule has 0 unspecified atom stereocenters. The normalized spacial score (nSPS) is 29.9. The van der Waals surface area contributed by atoms with Gasteiger partial charge in [0.1, 0.15) is 0 Å². The zero-order chi connectivity index (χ0) is 12.4. The lowest BCUT2D eigenvalue weighted by atomic mass is 9.84. The lowest BCUT2D eigenvalue weighted by Gasteiger charge is -2.31. The van der Waals surface area contributed by atoms with Crippen LogP contribution in [0.25, 0.3) is 0 Å². The van der Waals surface area contributed by atoms with Gasteiger partial charge in [0.2, 0.25) is 11.8 Å². The quantitative estimate of drug-likeness (QED) is 0.785. The topological polar surface area (TPSA) is 49.4 Å². The van der Waals surface area contributed by atoms with Gasteiger partial charge in [-0.05, 0) is 18.8 Å². The summed E-state index contributed by atoms with van der Waals surface area (Å²) in [6.07, 6.45) is 4.12. The molecule has 1 aliphatic heterocycles. The summed E-state index contributed by atoms with van der Waals surface area (Å²) >= 11 is 0. The lowest BCUT2D eigenvalue weighted by Crippen LogP contribution is -2.43. The van der Waals surface area contributed by atoms with Gasteiger partial charge in [-0.25, -0.2) is 0 Å². The number of hydrogen-bond donors (Lipinski definition) is 1. The van der Waals surface area contributed by atoms with E-state index in [9.17, 15) is 9.59 Å². The number of hydrogen-bond acceptors (Lipinski definition) is 2. The summed E-state index contributed by atoms with van der Waals surface area (Å²) < 4.78 is 0. The van der Waals surface area contributed by atoms with Gasteiger partial charge in [0, 0.05) is 12.6 Å². The Kier molecular flexibility index (Phi) is 3.69. The van der Waals surface area contributed by atoms with Gasteiger partial charge in [-0.15, -0.1) is 0 Å². The Morgan fingerprint density at radius 2 is 2.00 bits per heavy atom. The van der Waals surface area contributed by atoms with Gasteiger partial charge < -0.3 is 10.2 Å². The minimum atomic E-state index is 0.00778. The minimum Gasteiger partial charge on any atom is -0.351 e. The number of carbonyl (C=O) groups is 2. The molecule has 2 rings (SSSR count). The van der Waals surface area contributed by atoms with E-state index < -0.39 is 0 Å². The first kappa shape index (κ1) is 12.4. The van der Waals surface area contributed by atoms with Crippen LogP contribution < -0.4 is 5.32 Å². The second-order valence-electron chi connectivity index (χ2n) is 5.68. The van der Waals surface area contributed by atoms with Gasteiger partial charge in [-0.3, -0.25) is 9.59 Å². The van der Waals surface area contributed by atoms with Crippen LogP contribution >= 0.6 is 0 Å². The standard InChI is InChI=1S/C13H22N2O2/c1-9(2)7-15-8-12(16)14-11-6-4-3-5-10(11)13(15)17/h9-11H,3-8H2,1-2H3,(H,14,16)/t10-,11+/m1/s1. The van der Waals surface area contributed by atoms with Crippen molar-refractivity contribution in [3.63, 3.8) is 0 Å². The molecule has 1 N–H and O–H groups in total. The van der Waals surface area contributed by atoms with E-state index in [-0.39, 0.29) is 30.3 Å². The van der Waals surface area contributed by atoms with Crippen LogP contribution in [0.3, 0.4) is 0 Å². The number of nitrogens with one attached hydrogen (secondary N) is 1. The Balaban J connectivity index is 2.14. The molecule has 1 saturated heterocycles. The predicted octanol–water partition coefficient (Wildman–Crippen LogP) is 1.16. The fourth-order valence-electron chi connectivity index (χ4n) is 2.93. The van der Waals surface area contributed by atoms with Crippen molar-refractivity contribution in [3.05, 3.63) is 0 Å². The molecule has 1 saturated carbocycles. The minimum absolute atomic E-state index is 0.00778. The molecule has 0 bridgehead atoms. The zero-order valence-electron chi connectivity index (χ0n) is 10.7. The van der Waals surface area contributed by atoms with Crippen molar-refractivity contribution in [3.8, 4) is 0 Å². The van der Waals surface area contributed by atoms with Crippen LogP contribution in [0, 0.1) is 11.8 Å². The van der Waals surface area contributed by atoms with E-state index in [1.54, 1.807) is 4.90 Å². The van der Waals surface area contributed by atoms with Gasteiger partial charge in [-0.2, -0.15) is 0 Å². The van der Waals surface area contributed by atoms with Gasteiger partial charge in [-0.1, -0.05) is 26.7 Å². The maximum Gasteiger partial charge on any atom is 0.239 e. The van der Waals surface area contributed by atoms with E-state index in [4.69, 9.17) is 0 Å². The van der Waals surface area contributed by atoms with Gasteiger partial charge in [0.15, 0.2) is 0 Å². The van der Waals surface area contributed by atoms with Crippen molar-refractivity contribution in [1.82, 2.24) is 10.2 Å². The number of nitrogens with zero attached hydrogens (tertiary/aromatic N) is 1. The molecular weight excluding hydrogens is 216 g/mol. The summed E-state index contributed by atoms with van der Waals surface area (Å²) in [6.45, 7) is 5.09. The van der Waals surface area contributed by atoms with Crippen molar-refractivity contribution in [1.29, 1.82) is 0 Å². The van der Waals surface area contributed by atoms with Crippen LogP contribution in [0.1, 0.15) is 39.5 Å². The molecule has 2 fully saturated rings. The van der Waals surface area contributed by atoms with Crippen molar-refractivity contribution in [2.24, 2.45) is 11.8 Å². The maximum atomic E-state index is 12.4. The Morgan fingerprint density at radius 3 is 2.71 bits per heavy atom. The fourth-order valence-corrected chi connectivity index (χ4v) is 2.93. The molecule has 4 nitrogen and oxygen atoms in total. The average Bonchev–Trinajstić information content (AvgIpc) is 2.37. The molecule has 4 heteroatoms. The van der Waals surface area contributed by atoms with Crippen LogP contribution in [0.5, 0.6) is 0 Å². The Bertz CT molecular complexity index is 315. The van der Waals surface area contributed by atoms with E-state index >= 15 is 0 Å². The monoisotopic (exact) mass is 238 g/mol. The molecule has 2 amide bonds. The van der Waals surface area contributed by atoms with Crippen molar-refractivity contribution < 1.29 is 9.59 Å². The first-order valence-electron chi connectivity index (χ1n) is 6.66. The van der Waals surface area contributed by atoms with E-state index in [0.29, 0.717) is 12.5 Å². The molecule has 1 aliphatic carbocycles. The molecule has 96 valence electrons. The first-order valence-corrected chi connectivity index (χ1v) is 6.66. The molecular formula is C13H22N2O2. The van der Waals surface area contributed by atoms with Crippen LogP contribution in [-0.2, 0) is 9.59 Å². The first-order chi connectivity index (χ1) is 8.08. The van der Waals surface area contributed by atoms with E-state index in [0.717, 1.165) is 25.7 Å². The number of fused-ring (bicyclic) bond motifs is 1. The molecule has 0 aromatic heterocycles. The summed E-state index contributed by atoms with van der Waals surface area (Å²) in [5.74, 6) is 0.621. The van der Waals surface area contributed by atoms with E-state index in [2.05, 4.69) is 19.2 Å². The highest BCUT2D eigenvalue weighted by Crippen LogP contribution is 2.28. The zero-order valence-corrected chi connectivity index (χ0v) is 10.7. The smallest absolute Gasteiger partial charge is 0.239 e. The third-order valence-corrected chi connectivity index (χ3v) is 3.66. The van der Waals surface area contributed by atoms with Crippen LogP contribution in [0.4, 0.5) is 0 Å². The van der Waals surface area contributed by atoms with Crippen LogP contribution in [0.2, 0.25) is 0 Å². The van der Waals surface area contributed by atoms with Crippen LogP contribution in [-0.4, -0.2) is 35.8 Å². The van der Waals surface area contributed by atoms with Crippen molar-refractivity contribution >= 4 is 11.8 Å². The fraction of sp³-hybridized carbons (Fsp3) is 0.846. The van der Waals surface area contributed by atoms with Crippen LogP contribution in [0.15, 0.2) is 0 Å². The largest absolute Gasteiger partial charge is 0.351 e. The highest BCUT2D eigenvalue weighted by atomic mass is 16.2. The second kappa shape index (κ2) is 5.07. The molecule has 1 heterocycles. The number of carbonyl (C=O) groups excluding carboxylic acids is 2. The Morgan fingerprint density at radius 1 is 1.29 bits per heavy atom. The van der Waals surface area contributed by atoms with Gasteiger partial charge >= 0.3 is 0 Å². The molecule has 2 atom stereocenters. The summed E-state index contributed by atoms with van der Waals surface area (Å²) in [5.41, 5.74) is 0. The molecule has 0 spiro atoms.